The Labute approximate surface area is 125 Å². The number of esters is 1. The van der Waals surface area contributed by atoms with Crippen LogP contribution in [0.5, 0.6) is 0 Å². The first-order valence-corrected chi connectivity index (χ1v) is 6.80. The van der Waals surface area contributed by atoms with Gasteiger partial charge in [0.05, 0.1) is 25.0 Å². The van der Waals surface area contributed by atoms with Gasteiger partial charge >= 0.3 is 5.97 Å². The maximum absolute atomic E-state index is 11.3. The van der Waals surface area contributed by atoms with Gasteiger partial charge in [0.2, 0.25) is 0 Å². The lowest BCUT2D eigenvalue weighted by Gasteiger charge is -2.14. The minimum absolute atomic E-state index is 0.00868. The molecule has 0 aliphatic rings. The smallest absolute Gasteiger partial charge is 0.311 e. The van der Waals surface area contributed by atoms with Crippen LogP contribution < -0.4 is 4.90 Å². The summed E-state index contributed by atoms with van der Waals surface area (Å²) in [6, 6.07) is 10.0. The fourth-order valence-corrected chi connectivity index (χ4v) is 1.87. The van der Waals surface area contributed by atoms with Gasteiger partial charge in [0.25, 0.3) is 0 Å². The SMILES string of the molecule is CC(=N)CC(=O)OCCC(C#N)c1ccc(N(C)C)cc1. The van der Waals surface area contributed by atoms with Crippen LogP contribution in [0.3, 0.4) is 0 Å². The molecule has 0 heterocycles. The Morgan fingerprint density at radius 3 is 2.48 bits per heavy atom. The maximum atomic E-state index is 11.3. The molecule has 0 fully saturated rings. The van der Waals surface area contributed by atoms with E-state index in [9.17, 15) is 10.1 Å². The van der Waals surface area contributed by atoms with Crippen LogP contribution in [0.1, 0.15) is 31.2 Å². The number of ether oxygens (including phenoxy) is 1. The molecular weight excluding hydrogens is 266 g/mol. The van der Waals surface area contributed by atoms with Crippen molar-refractivity contribution in [2.45, 2.75) is 25.7 Å². The lowest BCUT2D eigenvalue weighted by Crippen LogP contribution is -2.11. The molecule has 0 saturated heterocycles. The van der Waals surface area contributed by atoms with Crippen LogP contribution in [0.2, 0.25) is 0 Å². The predicted octanol–water partition coefficient (Wildman–Crippen LogP) is 2.72. The molecule has 1 aromatic carbocycles. The molecule has 0 bridgehead atoms. The first kappa shape index (κ1) is 16.7. The number of anilines is 1. The first-order chi connectivity index (χ1) is 9.93. The summed E-state index contributed by atoms with van der Waals surface area (Å²) in [5.74, 6) is -0.711. The minimum Gasteiger partial charge on any atom is -0.465 e. The van der Waals surface area contributed by atoms with Crippen molar-refractivity contribution in [3.8, 4) is 6.07 Å². The number of rotatable bonds is 7. The molecule has 0 spiro atoms. The first-order valence-electron chi connectivity index (χ1n) is 6.80. The monoisotopic (exact) mass is 287 g/mol. The number of hydrogen-bond acceptors (Lipinski definition) is 5. The van der Waals surface area contributed by atoms with Crippen molar-refractivity contribution < 1.29 is 9.53 Å². The van der Waals surface area contributed by atoms with Gasteiger partial charge in [-0.15, -0.1) is 0 Å². The van der Waals surface area contributed by atoms with Gasteiger partial charge in [0, 0.05) is 31.9 Å². The van der Waals surface area contributed by atoms with Crippen molar-refractivity contribution in [2.24, 2.45) is 0 Å². The highest BCUT2D eigenvalue weighted by Crippen LogP contribution is 2.22. The van der Waals surface area contributed by atoms with Gasteiger partial charge in [-0.1, -0.05) is 12.1 Å². The number of nitrogens with one attached hydrogen (secondary N) is 1. The van der Waals surface area contributed by atoms with Crippen LogP contribution in [0.4, 0.5) is 5.69 Å². The van der Waals surface area contributed by atoms with E-state index in [-0.39, 0.29) is 24.7 Å². The van der Waals surface area contributed by atoms with Crippen molar-refractivity contribution in [1.82, 2.24) is 0 Å². The van der Waals surface area contributed by atoms with E-state index in [0.717, 1.165) is 11.3 Å². The topological polar surface area (TPSA) is 77.2 Å². The lowest BCUT2D eigenvalue weighted by molar-refractivity contribution is -0.142. The Balaban J connectivity index is 2.54. The quantitative estimate of drug-likeness (QED) is 0.618. The van der Waals surface area contributed by atoms with Crippen molar-refractivity contribution in [3.63, 3.8) is 0 Å². The summed E-state index contributed by atoms with van der Waals surface area (Å²) in [5.41, 5.74) is 2.27. The molecule has 0 saturated carbocycles. The third-order valence-corrected chi connectivity index (χ3v) is 3.05. The van der Waals surface area contributed by atoms with E-state index in [1.54, 1.807) is 6.92 Å². The minimum atomic E-state index is -0.415. The fourth-order valence-electron chi connectivity index (χ4n) is 1.87. The van der Waals surface area contributed by atoms with E-state index in [2.05, 4.69) is 6.07 Å². The molecule has 5 heteroatoms. The number of hydrogen-bond donors (Lipinski definition) is 1. The summed E-state index contributed by atoms with van der Waals surface area (Å²) in [6.07, 6.45) is 0.468. The van der Waals surface area contributed by atoms with E-state index < -0.39 is 5.97 Å². The summed E-state index contributed by atoms with van der Waals surface area (Å²) in [7, 11) is 3.92. The molecule has 1 aromatic rings. The molecule has 0 radical (unpaired) electrons. The van der Waals surface area contributed by atoms with Crippen LogP contribution in [-0.4, -0.2) is 32.4 Å². The average Bonchev–Trinajstić information content (AvgIpc) is 2.43. The highest BCUT2D eigenvalue weighted by atomic mass is 16.5. The van der Waals surface area contributed by atoms with Crippen molar-refractivity contribution >= 4 is 17.4 Å². The van der Waals surface area contributed by atoms with Crippen LogP contribution in [-0.2, 0) is 9.53 Å². The Morgan fingerprint density at radius 1 is 1.38 bits per heavy atom. The molecular formula is C16H21N3O2. The molecule has 1 atom stereocenters. The molecule has 112 valence electrons. The second kappa shape index (κ2) is 8.05. The Kier molecular flexibility index (Phi) is 6.41. The highest BCUT2D eigenvalue weighted by molar-refractivity contribution is 5.95. The molecule has 5 nitrogen and oxygen atoms in total. The van der Waals surface area contributed by atoms with E-state index in [4.69, 9.17) is 10.1 Å². The van der Waals surface area contributed by atoms with Gasteiger partial charge in [-0.05, 0) is 24.6 Å². The van der Waals surface area contributed by atoms with Gasteiger partial charge in [-0.25, -0.2) is 0 Å². The van der Waals surface area contributed by atoms with Crippen LogP contribution in [0, 0.1) is 16.7 Å². The molecule has 1 rings (SSSR count). The van der Waals surface area contributed by atoms with Crippen LogP contribution >= 0.6 is 0 Å². The Hall–Kier alpha value is -2.35. The number of carbonyl (C=O) groups is 1. The van der Waals surface area contributed by atoms with E-state index in [0.29, 0.717) is 6.42 Å². The van der Waals surface area contributed by atoms with Crippen LogP contribution in [0.15, 0.2) is 24.3 Å². The Morgan fingerprint density at radius 2 is 2.00 bits per heavy atom. The van der Waals surface area contributed by atoms with E-state index in [1.807, 2.05) is 43.3 Å². The third kappa shape index (κ3) is 5.65. The van der Waals surface area contributed by atoms with Gasteiger partial charge in [-0.2, -0.15) is 5.26 Å². The largest absolute Gasteiger partial charge is 0.465 e. The highest BCUT2D eigenvalue weighted by Gasteiger charge is 2.12. The maximum Gasteiger partial charge on any atom is 0.311 e. The summed E-state index contributed by atoms with van der Waals surface area (Å²) in [6.45, 7) is 1.76. The van der Waals surface area contributed by atoms with Gasteiger partial charge in [0.1, 0.15) is 0 Å². The number of nitrogens with zero attached hydrogens (tertiary/aromatic N) is 2. The van der Waals surface area contributed by atoms with Crippen molar-refractivity contribution in [3.05, 3.63) is 29.8 Å². The van der Waals surface area contributed by atoms with Crippen molar-refractivity contribution in [2.75, 3.05) is 25.6 Å². The van der Waals surface area contributed by atoms with Gasteiger partial charge in [0.15, 0.2) is 0 Å². The second-order valence-electron chi connectivity index (χ2n) is 5.13. The molecule has 21 heavy (non-hydrogen) atoms. The normalized spacial score (nSPS) is 11.3. The average molecular weight is 287 g/mol. The Bertz CT molecular complexity index is 529. The van der Waals surface area contributed by atoms with Crippen LogP contribution in [0.25, 0.3) is 0 Å². The zero-order valence-corrected chi connectivity index (χ0v) is 12.7. The molecule has 1 unspecified atom stereocenters. The molecule has 0 aliphatic heterocycles. The number of carbonyl (C=O) groups excluding carboxylic acids is 1. The molecule has 0 aliphatic carbocycles. The van der Waals surface area contributed by atoms with Gasteiger partial charge in [-0.3, -0.25) is 4.79 Å². The summed E-state index contributed by atoms with van der Waals surface area (Å²) < 4.78 is 5.03. The molecule has 1 N–H and O–H groups in total. The number of nitriles is 1. The second-order valence-corrected chi connectivity index (χ2v) is 5.13. The lowest BCUT2D eigenvalue weighted by atomic mass is 9.97. The van der Waals surface area contributed by atoms with Gasteiger partial charge < -0.3 is 15.0 Å². The summed E-state index contributed by atoms with van der Waals surface area (Å²) in [5, 5.41) is 16.4. The zero-order chi connectivity index (χ0) is 15.8. The predicted molar refractivity (Wildman–Crippen MR) is 82.7 cm³/mol. The summed E-state index contributed by atoms with van der Waals surface area (Å²) >= 11 is 0. The number of benzene rings is 1. The standard InChI is InChI=1S/C16H21N3O2/c1-12(18)10-16(20)21-9-8-14(11-17)13-4-6-15(7-5-13)19(2)3/h4-7,14,18H,8-10H2,1-3H3. The summed E-state index contributed by atoms with van der Waals surface area (Å²) in [4.78, 5) is 13.3. The van der Waals surface area contributed by atoms with E-state index in [1.165, 1.54) is 0 Å². The molecule has 0 aromatic heterocycles. The van der Waals surface area contributed by atoms with E-state index >= 15 is 0 Å². The zero-order valence-electron chi connectivity index (χ0n) is 12.7. The van der Waals surface area contributed by atoms with Crippen molar-refractivity contribution in [1.29, 1.82) is 10.7 Å². The molecule has 0 amide bonds. The fraction of sp³-hybridized carbons (Fsp3) is 0.438. The third-order valence-electron chi connectivity index (χ3n) is 3.05.